The molecular weight excluding hydrogens is 258 g/mol. The van der Waals surface area contributed by atoms with Crippen molar-refractivity contribution in [2.75, 3.05) is 13.2 Å². The number of aliphatic hydroxyl groups is 1. The van der Waals surface area contributed by atoms with Crippen LogP contribution < -0.4 is 0 Å². The van der Waals surface area contributed by atoms with Crippen LogP contribution in [0.15, 0.2) is 6.08 Å². The number of nitrogens with zero attached hydrogens (tertiary/aromatic N) is 3. The van der Waals surface area contributed by atoms with E-state index >= 15 is 0 Å². The van der Waals surface area contributed by atoms with E-state index in [0.717, 1.165) is 10.8 Å². The number of hydrogen-bond acceptors (Lipinski definition) is 4. The topological polar surface area (TPSA) is 67.6 Å². The lowest BCUT2D eigenvalue weighted by Gasteiger charge is -2.10. The van der Waals surface area contributed by atoms with Crippen molar-refractivity contribution in [3.63, 3.8) is 0 Å². The standard InChI is InChI=1S/C11H14ClN3O3/c1-7-9(11(12)14(2)13-7)3-4-10(17)15-5-8(16)6-18-15/h3-4,8,16H,5-6H2,1-2H3/b4-3+/t8-/m1/s1. The van der Waals surface area contributed by atoms with E-state index in [9.17, 15) is 9.90 Å². The summed E-state index contributed by atoms with van der Waals surface area (Å²) >= 11 is 6.03. The highest BCUT2D eigenvalue weighted by Crippen LogP contribution is 2.20. The van der Waals surface area contributed by atoms with Gasteiger partial charge in [-0.05, 0) is 13.0 Å². The second kappa shape index (κ2) is 5.09. The van der Waals surface area contributed by atoms with Gasteiger partial charge in [0.25, 0.3) is 5.91 Å². The second-order valence-electron chi connectivity index (χ2n) is 4.10. The van der Waals surface area contributed by atoms with E-state index in [0.29, 0.717) is 10.7 Å². The molecule has 18 heavy (non-hydrogen) atoms. The summed E-state index contributed by atoms with van der Waals surface area (Å²) in [6, 6.07) is 0. The molecule has 6 nitrogen and oxygen atoms in total. The molecular formula is C11H14ClN3O3. The van der Waals surface area contributed by atoms with Gasteiger partial charge in [0, 0.05) is 18.7 Å². The lowest BCUT2D eigenvalue weighted by Crippen LogP contribution is -2.26. The number of carbonyl (C=O) groups is 1. The van der Waals surface area contributed by atoms with Crippen LogP contribution in [0, 0.1) is 6.92 Å². The minimum atomic E-state index is -0.619. The van der Waals surface area contributed by atoms with Crippen molar-refractivity contribution < 1.29 is 14.7 Å². The second-order valence-corrected chi connectivity index (χ2v) is 4.45. The van der Waals surface area contributed by atoms with Gasteiger partial charge in [0.2, 0.25) is 0 Å². The first kappa shape index (κ1) is 13.1. The predicted octanol–water partition coefficient (Wildman–Crippen LogP) is 0.530. The molecule has 1 aliphatic heterocycles. The third-order valence-electron chi connectivity index (χ3n) is 2.63. The molecule has 0 spiro atoms. The third kappa shape index (κ3) is 2.55. The summed E-state index contributed by atoms with van der Waals surface area (Å²) in [4.78, 5) is 16.7. The van der Waals surface area contributed by atoms with Crippen molar-refractivity contribution in [3.05, 3.63) is 22.5 Å². The van der Waals surface area contributed by atoms with Crippen molar-refractivity contribution in [2.45, 2.75) is 13.0 Å². The van der Waals surface area contributed by atoms with Crippen LogP contribution in [0.5, 0.6) is 0 Å². The van der Waals surface area contributed by atoms with Crippen LogP contribution >= 0.6 is 11.6 Å². The summed E-state index contributed by atoms with van der Waals surface area (Å²) < 4.78 is 1.54. The molecule has 1 amide bonds. The van der Waals surface area contributed by atoms with Gasteiger partial charge in [-0.1, -0.05) is 11.6 Å². The molecule has 0 radical (unpaired) electrons. The van der Waals surface area contributed by atoms with Gasteiger partial charge in [-0.15, -0.1) is 0 Å². The number of rotatable bonds is 2. The first-order chi connectivity index (χ1) is 8.49. The van der Waals surface area contributed by atoms with Crippen molar-refractivity contribution >= 4 is 23.6 Å². The lowest BCUT2D eigenvalue weighted by atomic mass is 10.2. The maximum absolute atomic E-state index is 11.7. The maximum atomic E-state index is 11.7. The quantitative estimate of drug-likeness (QED) is 0.797. The van der Waals surface area contributed by atoms with Crippen molar-refractivity contribution in [2.24, 2.45) is 7.05 Å². The van der Waals surface area contributed by atoms with Crippen LogP contribution in [-0.4, -0.2) is 45.1 Å². The fraction of sp³-hybridized carbons (Fsp3) is 0.455. The Kier molecular flexibility index (Phi) is 3.70. The van der Waals surface area contributed by atoms with E-state index in [2.05, 4.69) is 5.10 Å². The Bertz CT molecular complexity index is 498. The molecule has 0 unspecified atom stereocenters. The number of aromatic nitrogens is 2. The van der Waals surface area contributed by atoms with Crippen LogP contribution in [0.25, 0.3) is 6.08 Å². The van der Waals surface area contributed by atoms with E-state index in [1.54, 1.807) is 13.1 Å². The Hall–Kier alpha value is -1.37. The zero-order chi connectivity index (χ0) is 13.3. The van der Waals surface area contributed by atoms with Crippen LogP contribution in [-0.2, 0) is 16.7 Å². The van der Waals surface area contributed by atoms with Gasteiger partial charge in [0.1, 0.15) is 17.9 Å². The smallest absolute Gasteiger partial charge is 0.270 e. The summed E-state index contributed by atoms with van der Waals surface area (Å²) in [5, 5.41) is 15.0. The molecule has 1 fully saturated rings. The molecule has 1 saturated heterocycles. The average Bonchev–Trinajstić information content (AvgIpc) is 2.83. The van der Waals surface area contributed by atoms with Gasteiger partial charge in [0.15, 0.2) is 0 Å². The predicted molar refractivity (Wildman–Crippen MR) is 65.7 cm³/mol. The molecule has 1 aromatic rings. The molecule has 0 aromatic carbocycles. The lowest BCUT2D eigenvalue weighted by molar-refractivity contribution is -0.162. The van der Waals surface area contributed by atoms with Crippen LogP contribution in [0.3, 0.4) is 0 Å². The molecule has 98 valence electrons. The highest BCUT2D eigenvalue weighted by molar-refractivity contribution is 6.31. The molecule has 0 aliphatic carbocycles. The van der Waals surface area contributed by atoms with E-state index in [1.807, 2.05) is 6.92 Å². The monoisotopic (exact) mass is 271 g/mol. The largest absolute Gasteiger partial charge is 0.389 e. The molecule has 1 aliphatic rings. The molecule has 0 saturated carbocycles. The summed E-state index contributed by atoms with van der Waals surface area (Å²) in [6.45, 7) is 2.14. The maximum Gasteiger partial charge on any atom is 0.270 e. The number of hydroxylamine groups is 2. The zero-order valence-electron chi connectivity index (χ0n) is 10.1. The van der Waals surface area contributed by atoms with Gasteiger partial charge >= 0.3 is 0 Å². The van der Waals surface area contributed by atoms with Crippen molar-refractivity contribution in [1.82, 2.24) is 14.8 Å². The summed E-state index contributed by atoms with van der Waals surface area (Å²) in [5.74, 6) is -0.328. The van der Waals surface area contributed by atoms with Crippen molar-refractivity contribution in [1.29, 1.82) is 0 Å². The minimum absolute atomic E-state index is 0.145. The highest BCUT2D eigenvalue weighted by Gasteiger charge is 2.24. The molecule has 2 rings (SSSR count). The first-order valence-corrected chi connectivity index (χ1v) is 5.86. The number of amides is 1. The Labute approximate surface area is 109 Å². The van der Waals surface area contributed by atoms with Gasteiger partial charge in [-0.2, -0.15) is 5.10 Å². The van der Waals surface area contributed by atoms with Gasteiger partial charge in [-0.25, -0.2) is 5.06 Å². The highest BCUT2D eigenvalue weighted by atomic mass is 35.5. The number of β-amino-alcohol motifs (C(OH)–C–C–N with tert-alkyl or cyclic N) is 1. The Balaban J connectivity index is 2.09. The number of carbonyl (C=O) groups excluding carboxylic acids is 1. The van der Waals surface area contributed by atoms with E-state index in [1.165, 1.54) is 10.8 Å². The molecule has 0 bridgehead atoms. The molecule has 1 aromatic heterocycles. The van der Waals surface area contributed by atoms with E-state index < -0.39 is 6.10 Å². The van der Waals surface area contributed by atoms with E-state index in [4.69, 9.17) is 16.4 Å². The fourth-order valence-corrected chi connectivity index (χ4v) is 1.94. The van der Waals surface area contributed by atoms with Crippen LogP contribution in [0.4, 0.5) is 0 Å². The Morgan fingerprint density at radius 3 is 2.89 bits per heavy atom. The van der Waals surface area contributed by atoms with Crippen LogP contribution in [0.1, 0.15) is 11.3 Å². The van der Waals surface area contributed by atoms with Crippen LogP contribution in [0.2, 0.25) is 5.15 Å². The van der Waals surface area contributed by atoms with Gasteiger partial charge < -0.3 is 5.11 Å². The number of halogens is 1. The first-order valence-electron chi connectivity index (χ1n) is 5.48. The van der Waals surface area contributed by atoms with Gasteiger partial charge in [-0.3, -0.25) is 14.3 Å². The summed E-state index contributed by atoms with van der Waals surface area (Å²) in [7, 11) is 1.73. The molecule has 2 heterocycles. The fourth-order valence-electron chi connectivity index (χ4n) is 1.70. The van der Waals surface area contributed by atoms with Crippen molar-refractivity contribution in [3.8, 4) is 0 Å². The van der Waals surface area contributed by atoms with E-state index in [-0.39, 0.29) is 19.1 Å². The zero-order valence-corrected chi connectivity index (χ0v) is 10.9. The minimum Gasteiger partial charge on any atom is -0.389 e. The summed E-state index contributed by atoms with van der Waals surface area (Å²) in [5.41, 5.74) is 1.45. The molecule has 7 heteroatoms. The Morgan fingerprint density at radius 2 is 2.39 bits per heavy atom. The van der Waals surface area contributed by atoms with Gasteiger partial charge in [0.05, 0.1) is 12.2 Å². The number of aliphatic hydroxyl groups excluding tert-OH is 1. The average molecular weight is 272 g/mol. The number of hydrogen-bond donors (Lipinski definition) is 1. The SMILES string of the molecule is Cc1nn(C)c(Cl)c1/C=C/C(=O)N1C[C@@H](O)CO1. The third-order valence-corrected chi connectivity index (χ3v) is 3.08. The Morgan fingerprint density at radius 1 is 1.67 bits per heavy atom. The molecule has 1 N–H and O–H groups in total. The number of aryl methyl sites for hydroxylation is 2. The molecule has 1 atom stereocenters. The normalized spacial score (nSPS) is 20.0. The summed E-state index contributed by atoms with van der Waals surface area (Å²) in [6.07, 6.45) is 2.33.